The minimum Gasteiger partial charge on any atom is -0.492 e. The minimum absolute atomic E-state index is 0.225. The van der Waals surface area contributed by atoms with Crippen molar-refractivity contribution in [3.05, 3.63) is 29.3 Å². The highest BCUT2D eigenvalue weighted by atomic mass is 35.5. The van der Waals surface area contributed by atoms with E-state index in [1.54, 1.807) is 7.11 Å². The number of rotatable bonds is 8. The molecule has 1 aromatic carbocycles. The van der Waals surface area contributed by atoms with Crippen LogP contribution >= 0.6 is 11.6 Å². The second kappa shape index (κ2) is 10.6. The molecular weight excluding hydrogens is 354 g/mol. The first kappa shape index (κ1) is 20.8. The maximum Gasteiger partial charge on any atom is 0.193 e. The van der Waals surface area contributed by atoms with Crippen LogP contribution in [0, 0.1) is 0 Å². The van der Waals surface area contributed by atoms with Gasteiger partial charge in [0.05, 0.1) is 18.7 Å². The lowest BCUT2D eigenvalue weighted by Crippen LogP contribution is -2.45. The minimum atomic E-state index is -0.225. The summed E-state index contributed by atoms with van der Waals surface area (Å²) in [5.41, 5.74) is -0.225. The standard InChI is InChI=1S/C19H30ClN3O3/c1-4-21-18(22-15-19(24-3)8-11-25-12-9-19)23(2)10-13-26-17-7-5-6-16(20)14-17/h5-7,14H,4,8-13,15H2,1-3H3,(H,21,22). The molecule has 0 atom stereocenters. The number of halogens is 1. The summed E-state index contributed by atoms with van der Waals surface area (Å²) in [5, 5.41) is 4.01. The van der Waals surface area contributed by atoms with E-state index >= 15 is 0 Å². The Bertz CT molecular complexity index is 577. The molecule has 2 rings (SSSR count). The molecule has 0 aromatic heterocycles. The summed E-state index contributed by atoms with van der Waals surface area (Å²) in [5.74, 6) is 1.62. The number of hydrogen-bond donors (Lipinski definition) is 1. The van der Waals surface area contributed by atoms with Gasteiger partial charge in [-0.25, -0.2) is 0 Å². The van der Waals surface area contributed by atoms with Crippen LogP contribution in [0.5, 0.6) is 5.75 Å². The van der Waals surface area contributed by atoms with Gasteiger partial charge in [0.25, 0.3) is 0 Å². The monoisotopic (exact) mass is 383 g/mol. The summed E-state index contributed by atoms with van der Waals surface area (Å²) in [6, 6.07) is 7.43. The second-order valence-electron chi connectivity index (χ2n) is 6.40. The van der Waals surface area contributed by atoms with E-state index in [-0.39, 0.29) is 5.60 Å². The third kappa shape index (κ3) is 6.34. The van der Waals surface area contributed by atoms with Gasteiger partial charge in [-0.3, -0.25) is 4.99 Å². The fourth-order valence-corrected chi connectivity index (χ4v) is 3.00. The summed E-state index contributed by atoms with van der Waals surface area (Å²) in [7, 11) is 3.77. The molecule has 1 aliphatic heterocycles. The van der Waals surface area contributed by atoms with Gasteiger partial charge in [-0.1, -0.05) is 17.7 Å². The largest absolute Gasteiger partial charge is 0.492 e. The third-order valence-corrected chi connectivity index (χ3v) is 4.78. The maximum absolute atomic E-state index is 5.98. The quantitative estimate of drug-likeness (QED) is 0.552. The van der Waals surface area contributed by atoms with Crippen LogP contribution in [-0.4, -0.2) is 70.1 Å². The van der Waals surface area contributed by atoms with E-state index in [0.29, 0.717) is 24.7 Å². The van der Waals surface area contributed by atoms with Gasteiger partial charge >= 0.3 is 0 Å². The molecule has 1 heterocycles. The van der Waals surface area contributed by atoms with Crippen LogP contribution in [-0.2, 0) is 9.47 Å². The zero-order valence-electron chi connectivity index (χ0n) is 16.0. The Hall–Kier alpha value is -1.50. The summed E-state index contributed by atoms with van der Waals surface area (Å²) < 4.78 is 17.0. The molecule has 0 spiro atoms. The van der Waals surface area contributed by atoms with Crippen LogP contribution < -0.4 is 10.1 Å². The van der Waals surface area contributed by atoms with E-state index < -0.39 is 0 Å². The topological polar surface area (TPSA) is 55.3 Å². The van der Waals surface area contributed by atoms with Gasteiger partial charge in [0.1, 0.15) is 12.4 Å². The van der Waals surface area contributed by atoms with Crippen LogP contribution in [0.1, 0.15) is 19.8 Å². The Morgan fingerprint density at radius 2 is 2.15 bits per heavy atom. The van der Waals surface area contributed by atoms with Crippen molar-refractivity contribution < 1.29 is 14.2 Å². The third-order valence-electron chi connectivity index (χ3n) is 4.54. The van der Waals surface area contributed by atoms with Crippen molar-refractivity contribution >= 4 is 17.6 Å². The van der Waals surface area contributed by atoms with Gasteiger partial charge in [-0.15, -0.1) is 0 Å². The van der Waals surface area contributed by atoms with Crippen molar-refractivity contribution in [3.8, 4) is 5.75 Å². The average Bonchev–Trinajstić information content (AvgIpc) is 2.66. The zero-order chi connectivity index (χ0) is 18.8. The molecule has 1 N–H and O–H groups in total. The Balaban J connectivity index is 1.89. The van der Waals surface area contributed by atoms with E-state index in [4.69, 9.17) is 30.8 Å². The Morgan fingerprint density at radius 3 is 2.81 bits per heavy atom. The number of guanidine groups is 1. The molecule has 146 valence electrons. The Morgan fingerprint density at radius 1 is 1.38 bits per heavy atom. The molecule has 0 amide bonds. The summed E-state index contributed by atoms with van der Waals surface area (Å²) in [6.45, 7) is 6.20. The first-order valence-corrected chi connectivity index (χ1v) is 9.47. The molecule has 0 bridgehead atoms. The summed E-state index contributed by atoms with van der Waals surface area (Å²) in [4.78, 5) is 6.86. The predicted molar refractivity (Wildman–Crippen MR) is 105 cm³/mol. The fraction of sp³-hybridized carbons (Fsp3) is 0.632. The zero-order valence-corrected chi connectivity index (χ0v) is 16.7. The van der Waals surface area contributed by atoms with Crippen LogP contribution in [0.25, 0.3) is 0 Å². The molecule has 26 heavy (non-hydrogen) atoms. The molecule has 1 aliphatic rings. The number of nitrogens with zero attached hydrogens (tertiary/aromatic N) is 2. The van der Waals surface area contributed by atoms with Crippen molar-refractivity contribution in [2.75, 3.05) is 53.6 Å². The predicted octanol–water partition coefficient (Wildman–Crippen LogP) is 2.81. The fourth-order valence-electron chi connectivity index (χ4n) is 2.82. The lowest BCUT2D eigenvalue weighted by atomic mass is 9.94. The van der Waals surface area contributed by atoms with Gasteiger partial charge in [0.15, 0.2) is 5.96 Å². The Kier molecular flexibility index (Phi) is 8.48. The van der Waals surface area contributed by atoms with Crippen LogP contribution in [0.4, 0.5) is 0 Å². The first-order valence-electron chi connectivity index (χ1n) is 9.09. The van der Waals surface area contributed by atoms with E-state index in [1.807, 2.05) is 31.3 Å². The molecule has 6 nitrogen and oxygen atoms in total. The molecule has 1 aromatic rings. The first-order chi connectivity index (χ1) is 12.6. The highest BCUT2D eigenvalue weighted by molar-refractivity contribution is 6.30. The number of likely N-dealkylation sites (N-methyl/N-ethyl adjacent to an activating group) is 1. The number of nitrogens with one attached hydrogen (secondary N) is 1. The molecule has 7 heteroatoms. The lowest BCUT2D eigenvalue weighted by Gasteiger charge is -2.35. The SMILES string of the molecule is CCNC(=NCC1(OC)CCOCC1)N(C)CCOc1cccc(Cl)c1. The molecular formula is C19H30ClN3O3. The average molecular weight is 384 g/mol. The smallest absolute Gasteiger partial charge is 0.193 e. The number of hydrogen-bond acceptors (Lipinski definition) is 4. The Labute approximate surface area is 161 Å². The van der Waals surface area contributed by atoms with Crippen LogP contribution in [0.2, 0.25) is 5.02 Å². The molecule has 0 radical (unpaired) electrons. The number of benzene rings is 1. The van der Waals surface area contributed by atoms with E-state index in [2.05, 4.69) is 17.1 Å². The van der Waals surface area contributed by atoms with Crippen LogP contribution in [0.15, 0.2) is 29.3 Å². The van der Waals surface area contributed by atoms with Crippen molar-refractivity contribution in [2.24, 2.45) is 4.99 Å². The van der Waals surface area contributed by atoms with Gasteiger partial charge in [-0.05, 0) is 25.1 Å². The highest BCUT2D eigenvalue weighted by Gasteiger charge is 2.32. The second-order valence-corrected chi connectivity index (χ2v) is 6.83. The van der Waals surface area contributed by atoms with Gasteiger partial charge in [-0.2, -0.15) is 0 Å². The van der Waals surface area contributed by atoms with Gasteiger partial charge < -0.3 is 24.4 Å². The van der Waals surface area contributed by atoms with E-state index in [0.717, 1.165) is 44.3 Å². The van der Waals surface area contributed by atoms with Gasteiger partial charge in [0, 0.05) is 51.8 Å². The molecule has 0 aliphatic carbocycles. The van der Waals surface area contributed by atoms with Crippen molar-refractivity contribution in [3.63, 3.8) is 0 Å². The maximum atomic E-state index is 5.98. The van der Waals surface area contributed by atoms with Gasteiger partial charge in [0.2, 0.25) is 0 Å². The number of aliphatic imine (C=N–C) groups is 1. The molecule has 1 saturated heterocycles. The van der Waals surface area contributed by atoms with Crippen molar-refractivity contribution in [2.45, 2.75) is 25.4 Å². The van der Waals surface area contributed by atoms with E-state index in [9.17, 15) is 0 Å². The van der Waals surface area contributed by atoms with E-state index in [1.165, 1.54) is 0 Å². The molecule has 0 unspecified atom stereocenters. The van der Waals surface area contributed by atoms with Crippen molar-refractivity contribution in [1.29, 1.82) is 0 Å². The highest BCUT2D eigenvalue weighted by Crippen LogP contribution is 2.24. The normalized spacial score (nSPS) is 17.0. The van der Waals surface area contributed by atoms with Crippen molar-refractivity contribution in [1.82, 2.24) is 10.2 Å². The summed E-state index contributed by atoms with van der Waals surface area (Å²) in [6.07, 6.45) is 1.74. The van der Waals surface area contributed by atoms with Crippen LogP contribution in [0.3, 0.4) is 0 Å². The lowest BCUT2D eigenvalue weighted by molar-refractivity contribution is -0.0829. The molecule has 0 saturated carbocycles. The molecule has 1 fully saturated rings. The number of methoxy groups -OCH3 is 1. The summed E-state index contributed by atoms with van der Waals surface area (Å²) >= 11 is 5.98. The number of ether oxygens (including phenoxy) is 3.